The number of carbonyl (C=O) groups is 1. The van der Waals surface area contributed by atoms with Crippen molar-refractivity contribution in [2.24, 2.45) is 0 Å². The summed E-state index contributed by atoms with van der Waals surface area (Å²) in [4.78, 5) is 27.0. The third kappa shape index (κ3) is 5.07. The Labute approximate surface area is 247 Å². The molecule has 0 bridgehead atoms. The number of benzene rings is 1. The molecule has 3 aromatic rings. The number of hydrogen-bond donors (Lipinski definition) is 1. The zero-order valence-electron chi connectivity index (χ0n) is 24.2. The average Bonchev–Trinajstić information content (AvgIpc) is 3.40. The second-order valence-electron chi connectivity index (χ2n) is 11.3. The average molecular weight is 593 g/mol. The molecule has 3 aliphatic heterocycles. The molecule has 5 heterocycles. The molecule has 222 valence electrons. The Kier molecular flexibility index (Phi) is 7.76. The summed E-state index contributed by atoms with van der Waals surface area (Å²) in [6.07, 6.45) is 6.36. The van der Waals surface area contributed by atoms with Crippen LogP contribution in [0.15, 0.2) is 17.4 Å². The molecule has 2 saturated heterocycles. The van der Waals surface area contributed by atoms with Crippen LogP contribution >= 0.6 is 0 Å². The van der Waals surface area contributed by atoms with Gasteiger partial charge in [0.25, 0.3) is 0 Å². The molecule has 0 radical (unpaired) electrons. The van der Waals surface area contributed by atoms with E-state index in [0.717, 1.165) is 60.3 Å². The third-order valence-electron chi connectivity index (χ3n) is 8.77. The monoisotopic (exact) mass is 592 g/mol. The van der Waals surface area contributed by atoms with Gasteiger partial charge in [-0.05, 0) is 56.7 Å². The fourth-order valence-electron chi connectivity index (χ4n) is 6.50. The fourth-order valence-corrected chi connectivity index (χ4v) is 6.96. The van der Waals surface area contributed by atoms with E-state index in [1.807, 2.05) is 15.8 Å². The molecule has 13 heteroatoms. The van der Waals surface area contributed by atoms with E-state index in [9.17, 15) is 19.4 Å². The molecule has 0 spiro atoms. The minimum absolute atomic E-state index is 0.0582. The van der Waals surface area contributed by atoms with Gasteiger partial charge in [0.2, 0.25) is 5.16 Å². The molecular weight excluding hydrogens is 556 g/mol. The van der Waals surface area contributed by atoms with Crippen molar-refractivity contribution in [3.05, 3.63) is 34.6 Å². The van der Waals surface area contributed by atoms with Crippen LogP contribution in [0.4, 0.5) is 16.3 Å². The molecule has 1 amide bonds. The summed E-state index contributed by atoms with van der Waals surface area (Å²) in [5.41, 5.74) is 6.37. The van der Waals surface area contributed by atoms with Gasteiger partial charge in [-0.25, -0.2) is 19.4 Å². The smallest absolute Gasteiger partial charge is 0.407 e. The highest BCUT2D eigenvalue weighted by molar-refractivity contribution is 7.84. The molecule has 12 nitrogen and oxygen atoms in total. The van der Waals surface area contributed by atoms with Crippen molar-refractivity contribution >= 4 is 39.3 Å². The van der Waals surface area contributed by atoms with Crippen molar-refractivity contribution in [3.63, 3.8) is 0 Å². The zero-order chi connectivity index (χ0) is 29.5. The Morgan fingerprint density at radius 2 is 2.05 bits per heavy atom. The van der Waals surface area contributed by atoms with Crippen LogP contribution in [0.1, 0.15) is 54.3 Å². The van der Waals surface area contributed by atoms with Crippen molar-refractivity contribution in [2.75, 3.05) is 48.8 Å². The number of piperazine rings is 1. The van der Waals surface area contributed by atoms with Crippen molar-refractivity contribution in [1.29, 1.82) is 5.26 Å². The van der Waals surface area contributed by atoms with Gasteiger partial charge in [0, 0.05) is 50.0 Å². The second-order valence-corrected chi connectivity index (χ2v) is 12.6. The summed E-state index contributed by atoms with van der Waals surface area (Å²) < 4.78 is 20.7. The summed E-state index contributed by atoms with van der Waals surface area (Å²) in [7, 11) is -1.41. The quantitative estimate of drug-likeness (QED) is 0.438. The Morgan fingerprint density at radius 3 is 2.76 bits per heavy atom. The minimum atomic E-state index is -1.41. The van der Waals surface area contributed by atoms with Crippen molar-refractivity contribution in [1.82, 2.24) is 24.6 Å². The normalized spacial score (nSPS) is 21.7. The van der Waals surface area contributed by atoms with Gasteiger partial charge in [-0.3, -0.25) is 4.21 Å². The van der Waals surface area contributed by atoms with Gasteiger partial charge in [-0.15, -0.1) is 0 Å². The topological polar surface area (TPSA) is 141 Å². The van der Waals surface area contributed by atoms with E-state index in [2.05, 4.69) is 30.9 Å². The predicted molar refractivity (Wildman–Crippen MR) is 158 cm³/mol. The van der Waals surface area contributed by atoms with Crippen molar-refractivity contribution in [3.8, 4) is 6.07 Å². The number of ether oxygens (including phenoxy) is 1. The first kappa shape index (κ1) is 28.4. The van der Waals surface area contributed by atoms with Crippen LogP contribution in [0.3, 0.4) is 0 Å². The first-order valence-corrected chi connectivity index (χ1v) is 16.0. The molecule has 2 fully saturated rings. The molecule has 1 aromatic carbocycles. The number of fused-ring (bicyclic) bond motifs is 2. The highest BCUT2D eigenvalue weighted by Gasteiger charge is 2.34. The van der Waals surface area contributed by atoms with Crippen molar-refractivity contribution < 1.29 is 18.8 Å². The van der Waals surface area contributed by atoms with Crippen molar-refractivity contribution in [2.45, 2.75) is 69.9 Å². The molecule has 0 aliphatic carbocycles. The van der Waals surface area contributed by atoms with Crippen LogP contribution in [0.2, 0.25) is 0 Å². The summed E-state index contributed by atoms with van der Waals surface area (Å²) >= 11 is 0. The van der Waals surface area contributed by atoms with E-state index in [4.69, 9.17) is 19.8 Å². The lowest BCUT2D eigenvalue weighted by Crippen LogP contribution is -2.55. The number of nitriles is 1. The summed E-state index contributed by atoms with van der Waals surface area (Å²) in [5, 5.41) is 25.1. The summed E-state index contributed by atoms with van der Waals surface area (Å²) in [6, 6.07) is 3.86. The molecule has 2 unspecified atom stereocenters. The Bertz CT molecular complexity index is 1590. The Hall–Kier alpha value is -3.76. The Balaban J connectivity index is 1.37. The van der Waals surface area contributed by atoms with E-state index in [-0.39, 0.29) is 24.3 Å². The van der Waals surface area contributed by atoms with Gasteiger partial charge in [0.1, 0.15) is 5.82 Å². The van der Waals surface area contributed by atoms with Crippen LogP contribution < -0.4 is 9.80 Å². The minimum Gasteiger partial charge on any atom is -0.465 e. The molecular formula is C29H36N8O4S. The predicted octanol–water partition coefficient (Wildman–Crippen LogP) is 3.52. The highest BCUT2D eigenvalue weighted by atomic mass is 32.2. The number of hydrogen-bond acceptors (Lipinski definition) is 9. The van der Waals surface area contributed by atoms with E-state index >= 15 is 0 Å². The van der Waals surface area contributed by atoms with Gasteiger partial charge in [-0.2, -0.15) is 10.4 Å². The number of rotatable bonds is 5. The number of amides is 1. The molecule has 0 saturated carbocycles. The number of anilines is 2. The molecule has 42 heavy (non-hydrogen) atoms. The molecule has 1 N–H and O–H groups in total. The van der Waals surface area contributed by atoms with Crippen LogP contribution in [0, 0.1) is 25.2 Å². The van der Waals surface area contributed by atoms with Gasteiger partial charge in [-0.1, -0.05) is 0 Å². The van der Waals surface area contributed by atoms with Crippen LogP contribution in [0.5, 0.6) is 0 Å². The second kappa shape index (κ2) is 11.5. The van der Waals surface area contributed by atoms with Gasteiger partial charge in [0.15, 0.2) is 6.23 Å². The lowest BCUT2D eigenvalue weighted by Gasteiger charge is -2.41. The molecule has 3 aliphatic rings. The number of carboxylic acid groups (broad SMARTS) is 1. The van der Waals surface area contributed by atoms with E-state index in [1.165, 1.54) is 16.0 Å². The number of aryl methyl sites for hydroxylation is 1. The van der Waals surface area contributed by atoms with Gasteiger partial charge < -0.3 is 24.5 Å². The first-order valence-electron chi connectivity index (χ1n) is 14.5. The standard InChI is InChI=1S/C29H36N8O4S/c1-18-14-24-22(15-31-37(24)25-6-4-5-13-41-25)26(19(18)2)34-10-8-21-23(17-34)32-28(42(3)40)33-27(21)35-11-12-36(29(38)39)20(16-35)7-9-30/h14-15,20,25H,4-8,10-13,16-17H2,1-3H3,(H,38,39)/t20-,25?,42?/m0/s1. The highest BCUT2D eigenvalue weighted by Crippen LogP contribution is 2.39. The number of aromatic nitrogens is 4. The van der Waals surface area contributed by atoms with Gasteiger partial charge in [0.05, 0.1) is 59.0 Å². The molecule has 3 atom stereocenters. The SMILES string of the molecule is Cc1cc2c(cnn2C2CCCCO2)c(N2CCc3c(nc(S(C)=O)nc3N3CCN(C(=O)O)[C@@H](CC#N)C3)C2)c1C. The van der Waals surface area contributed by atoms with Crippen LogP contribution in [0.25, 0.3) is 10.9 Å². The van der Waals surface area contributed by atoms with Crippen LogP contribution in [-0.4, -0.2) is 85.1 Å². The lowest BCUT2D eigenvalue weighted by atomic mass is 9.99. The lowest BCUT2D eigenvalue weighted by molar-refractivity contribution is -0.0366. The fraction of sp³-hybridized carbons (Fsp3) is 0.552. The van der Waals surface area contributed by atoms with Gasteiger partial charge >= 0.3 is 6.09 Å². The Morgan fingerprint density at radius 1 is 1.21 bits per heavy atom. The maximum atomic E-state index is 12.7. The van der Waals surface area contributed by atoms with E-state index in [0.29, 0.717) is 31.9 Å². The third-order valence-corrected chi connectivity index (χ3v) is 9.47. The maximum absolute atomic E-state index is 12.7. The summed E-state index contributed by atoms with van der Waals surface area (Å²) in [6.45, 7) is 7.34. The largest absolute Gasteiger partial charge is 0.465 e. The zero-order valence-corrected chi connectivity index (χ0v) is 25.1. The van der Waals surface area contributed by atoms with E-state index in [1.54, 1.807) is 6.26 Å². The molecule has 6 rings (SSSR count). The first-order chi connectivity index (χ1) is 20.3. The van der Waals surface area contributed by atoms with Crippen LogP contribution in [-0.2, 0) is 28.5 Å². The number of nitrogens with zero attached hydrogens (tertiary/aromatic N) is 8. The molecule has 2 aromatic heterocycles. The maximum Gasteiger partial charge on any atom is 0.407 e. The van der Waals surface area contributed by atoms with E-state index < -0.39 is 22.9 Å². The summed E-state index contributed by atoms with van der Waals surface area (Å²) in [5.74, 6) is 0.700.